The number of halogens is 1. The molecule has 0 aliphatic heterocycles. The van der Waals surface area contributed by atoms with Crippen LogP contribution in [-0.4, -0.2) is 10.8 Å². The molecule has 0 atom stereocenters. The first-order chi connectivity index (χ1) is 8.83. The van der Waals surface area contributed by atoms with E-state index in [2.05, 4.69) is 55.5 Å². The molecule has 2 aromatic rings. The normalized spacial score (nSPS) is 10.0. The van der Waals surface area contributed by atoms with Gasteiger partial charge in [0.1, 0.15) is 0 Å². The van der Waals surface area contributed by atoms with Gasteiger partial charge in [0.2, 0.25) is 5.04 Å². The number of hydrogen-bond donors (Lipinski definition) is 1. The molecule has 0 saturated heterocycles. The summed E-state index contributed by atoms with van der Waals surface area (Å²) >= 11 is 1.72. The number of benzene rings is 2. The van der Waals surface area contributed by atoms with Crippen molar-refractivity contribution < 1.29 is 17.8 Å². The van der Waals surface area contributed by atoms with Crippen molar-refractivity contribution in [1.29, 1.82) is 0 Å². The molecule has 0 heterocycles. The first-order valence-electron chi connectivity index (χ1n) is 6.18. The highest BCUT2D eigenvalue weighted by Gasteiger charge is 2.23. The van der Waals surface area contributed by atoms with E-state index < -0.39 is 0 Å². The van der Waals surface area contributed by atoms with Gasteiger partial charge in [0.05, 0.1) is 5.92 Å². The Balaban J connectivity index is 0.00000180. The van der Waals surface area contributed by atoms with Crippen molar-refractivity contribution >= 4 is 16.8 Å². The second kappa shape index (κ2) is 8.03. The Morgan fingerprint density at radius 3 is 1.74 bits per heavy atom. The van der Waals surface area contributed by atoms with Crippen LogP contribution in [0.25, 0.3) is 0 Å². The third-order valence-electron chi connectivity index (χ3n) is 2.86. The summed E-state index contributed by atoms with van der Waals surface area (Å²) in [6, 6.07) is 20.9. The number of rotatable bonds is 4. The molecule has 1 nitrogen and oxygen atoms in total. The Morgan fingerprint density at radius 1 is 0.947 bits per heavy atom. The fourth-order valence-corrected chi connectivity index (χ4v) is 2.83. The summed E-state index contributed by atoms with van der Waals surface area (Å²) in [6.45, 7) is 2.13. The van der Waals surface area contributed by atoms with Gasteiger partial charge < -0.3 is 12.4 Å². The van der Waals surface area contributed by atoms with Gasteiger partial charge in [-0.25, -0.2) is 0 Å². The molecule has 0 fully saturated rings. The highest BCUT2D eigenvalue weighted by Crippen LogP contribution is 2.28. The fourth-order valence-electron chi connectivity index (χ4n) is 2.06. The van der Waals surface area contributed by atoms with E-state index in [0.717, 1.165) is 10.8 Å². The third kappa shape index (κ3) is 4.12. The molecule has 0 bridgehead atoms. The predicted molar refractivity (Wildman–Crippen MR) is 79.8 cm³/mol. The molecule has 100 valence electrons. The van der Waals surface area contributed by atoms with E-state index in [4.69, 9.17) is 5.41 Å². The Labute approximate surface area is 125 Å². The van der Waals surface area contributed by atoms with Crippen molar-refractivity contribution in [1.82, 2.24) is 0 Å². The van der Waals surface area contributed by atoms with E-state index in [-0.39, 0.29) is 18.3 Å². The molecule has 0 unspecified atom stereocenters. The molecular weight excluding hydrogens is 274 g/mol. The lowest BCUT2D eigenvalue weighted by Crippen LogP contribution is -3.00. The van der Waals surface area contributed by atoms with Crippen molar-refractivity contribution in [3.63, 3.8) is 0 Å². The van der Waals surface area contributed by atoms with Gasteiger partial charge in [0.25, 0.3) is 0 Å². The van der Waals surface area contributed by atoms with Gasteiger partial charge in [-0.15, -0.1) is 0 Å². The van der Waals surface area contributed by atoms with Gasteiger partial charge in [-0.1, -0.05) is 79.3 Å². The van der Waals surface area contributed by atoms with Crippen LogP contribution in [0.1, 0.15) is 24.0 Å². The molecule has 3 heteroatoms. The second-order valence-corrected chi connectivity index (χ2v) is 5.43. The average molecular weight is 292 g/mol. The van der Waals surface area contributed by atoms with Gasteiger partial charge in [-0.3, -0.25) is 5.41 Å². The van der Waals surface area contributed by atoms with Crippen LogP contribution < -0.4 is 17.8 Å². The second-order valence-electron chi connectivity index (χ2n) is 4.09. The van der Waals surface area contributed by atoms with Crippen LogP contribution in [-0.2, 0) is 0 Å². The van der Waals surface area contributed by atoms with Gasteiger partial charge in [-0.2, -0.15) is 0 Å². The average Bonchev–Trinajstić information content (AvgIpc) is 2.42. The Hall–Kier alpha value is -1.25. The summed E-state index contributed by atoms with van der Waals surface area (Å²) in [5, 5.41) is 7.24. The van der Waals surface area contributed by atoms with E-state index in [1.165, 1.54) is 11.1 Å². The van der Waals surface area contributed by atoms with Gasteiger partial charge in [0.15, 0.2) is 0 Å². The largest absolute Gasteiger partial charge is 1.00 e. The van der Waals surface area contributed by atoms with E-state index in [1.54, 1.807) is 11.8 Å². The van der Waals surface area contributed by atoms with Crippen LogP contribution in [0, 0.1) is 0 Å². The zero-order chi connectivity index (χ0) is 12.8. The molecule has 0 radical (unpaired) electrons. The Bertz CT molecular complexity index is 459. The maximum Gasteiger partial charge on any atom is 0.219 e. The van der Waals surface area contributed by atoms with E-state index in [1.807, 2.05) is 12.1 Å². The van der Waals surface area contributed by atoms with E-state index >= 15 is 0 Å². The predicted octanol–water partition coefficient (Wildman–Crippen LogP) is -0.267. The SMILES string of the molecule is CCSC(=[NH2+])C(c1ccccc1)c1ccccc1.[Cl-]. The lowest BCUT2D eigenvalue weighted by atomic mass is 9.92. The monoisotopic (exact) mass is 291 g/mol. The summed E-state index contributed by atoms with van der Waals surface area (Å²) in [7, 11) is 0. The van der Waals surface area contributed by atoms with E-state index in [9.17, 15) is 0 Å². The molecule has 0 spiro atoms. The molecular formula is C16H18ClNS. The Morgan fingerprint density at radius 2 is 1.37 bits per heavy atom. The summed E-state index contributed by atoms with van der Waals surface area (Å²) in [5.41, 5.74) is 2.50. The van der Waals surface area contributed by atoms with Crippen molar-refractivity contribution in [2.75, 3.05) is 5.75 Å². The van der Waals surface area contributed by atoms with Crippen LogP contribution in [0.2, 0.25) is 0 Å². The van der Waals surface area contributed by atoms with E-state index in [0.29, 0.717) is 0 Å². The van der Waals surface area contributed by atoms with Crippen molar-refractivity contribution in [2.45, 2.75) is 12.8 Å². The van der Waals surface area contributed by atoms with Crippen LogP contribution >= 0.6 is 11.8 Å². The molecule has 2 rings (SSSR count). The minimum absolute atomic E-state index is 0. The maximum absolute atomic E-state index is 6.27. The zero-order valence-corrected chi connectivity index (χ0v) is 12.5. The molecule has 0 amide bonds. The molecule has 0 aliphatic carbocycles. The molecule has 0 aromatic heterocycles. The van der Waals surface area contributed by atoms with Crippen LogP contribution in [0.15, 0.2) is 60.7 Å². The number of hydrogen-bond acceptors (Lipinski definition) is 1. The summed E-state index contributed by atoms with van der Waals surface area (Å²) in [4.78, 5) is 0. The minimum Gasteiger partial charge on any atom is -1.00 e. The van der Waals surface area contributed by atoms with Crippen molar-refractivity contribution in [3.05, 3.63) is 71.8 Å². The van der Waals surface area contributed by atoms with Crippen LogP contribution in [0.4, 0.5) is 0 Å². The molecule has 2 N–H and O–H groups in total. The number of thioether (sulfide) groups is 1. The standard InChI is InChI=1S/C16H17NS.ClH/c1-2-18-16(17)15(13-9-5-3-6-10-13)14-11-7-4-8-12-14;/h3-12,15,17H,2H2,1H3;1H. The summed E-state index contributed by atoms with van der Waals surface area (Å²) < 4.78 is 0. The van der Waals surface area contributed by atoms with Crippen molar-refractivity contribution in [2.24, 2.45) is 0 Å². The lowest BCUT2D eigenvalue weighted by molar-refractivity contribution is -0.111. The van der Waals surface area contributed by atoms with Crippen LogP contribution in [0.5, 0.6) is 0 Å². The van der Waals surface area contributed by atoms with Crippen LogP contribution in [0.3, 0.4) is 0 Å². The minimum atomic E-state index is 0. The first kappa shape index (κ1) is 15.8. The molecule has 2 aromatic carbocycles. The first-order valence-corrected chi connectivity index (χ1v) is 7.16. The quantitative estimate of drug-likeness (QED) is 0.609. The topological polar surface area (TPSA) is 25.6 Å². The fraction of sp³-hybridized carbons (Fsp3) is 0.188. The summed E-state index contributed by atoms with van der Waals surface area (Å²) in [6.07, 6.45) is 0. The molecule has 0 aliphatic rings. The summed E-state index contributed by atoms with van der Waals surface area (Å²) in [5.74, 6) is 1.18. The molecule has 19 heavy (non-hydrogen) atoms. The highest BCUT2D eigenvalue weighted by molar-refractivity contribution is 8.13. The molecule has 0 saturated carbocycles. The third-order valence-corrected chi connectivity index (χ3v) is 3.72. The maximum atomic E-state index is 6.27. The smallest absolute Gasteiger partial charge is 0.219 e. The zero-order valence-electron chi connectivity index (χ0n) is 10.9. The highest BCUT2D eigenvalue weighted by atomic mass is 35.5. The van der Waals surface area contributed by atoms with Gasteiger partial charge in [-0.05, 0) is 11.1 Å². The number of nitrogens with two attached hydrogens (primary N) is 1. The lowest BCUT2D eigenvalue weighted by Gasteiger charge is -2.14. The Kier molecular flexibility index (Phi) is 6.68. The van der Waals surface area contributed by atoms with Crippen molar-refractivity contribution in [3.8, 4) is 0 Å². The van der Waals surface area contributed by atoms with Gasteiger partial charge in [0, 0.05) is 5.75 Å². The van der Waals surface area contributed by atoms with Gasteiger partial charge >= 0.3 is 0 Å².